The van der Waals surface area contributed by atoms with Gasteiger partial charge < -0.3 is 14.9 Å². The van der Waals surface area contributed by atoms with E-state index >= 15 is 0 Å². The van der Waals surface area contributed by atoms with Gasteiger partial charge in [-0.15, -0.1) is 11.3 Å². The molecule has 134 valence electrons. The molecule has 0 radical (unpaired) electrons. The second-order valence-electron chi connectivity index (χ2n) is 7.43. The first-order valence-electron chi connectivity index (χ1n) is 8.94. The Kier molecular flexibility index (Phi) is 4.54. The second-order valence-corrected chi connectivity index (χ2v) is 8.51. The fraction of sp³-hybridized carbons (Fsp3) is 0.526. The summed E-state index contributed by atoms with van der Waals surface area (Å²) in [6, 6.07) is 10.0. The zero-order chi connectivity index (χ0) is 17.4. The first-order valence-corrected chi connectivity index (χ1v) is 9.75. The van der Waals surface area contributed by atoms with Gasteiger partial charge in [0, 0.05) is 44.0 Å². The van der Waals surface area contributed by atoms with Gasteiger partial charge in [-0.25, -0.2) is 0 Å². The monoisotopic (exact) mass is 359 g/mol. The molecule has 0 saturated carbocycles. The van der Waals surface area contributed by atoms with Gasteiger partial charge in [0.15, 0.2) is 0 Å². The van der Waals surface area contributed by atoms with Crippen LogP contribution < -0.4 is 0 Å². The van der Waals surface area contributed by atoms with Crippen molar-refractivity contribution in [3.8, 4) is 0 Å². The van der Waals surface area contributed by atoms with Crippen LogP contribution in [0.25, 0.3) is 10.1 Å². The Balaban J connectivity index is 1.41. The highest BCUT2D eigenvalue weighted by atomic mass is 32.1. The van der Waals surface area contributed by atoms with Crippen LogP contribution >= 0.6 is 11.3 Å². The van der Waals surface area contributed by atoms with Crippen molar-refractivity contribution in [3.63, 3.8) is 0 Å². The number of thiophene rings is 1. The first kappa shape index (κ1) is 17.0. The predicted octanol–water partition coefficient (Wildman–Crippen LogP) is 1.73. The maximum Gasteiger partial charge on any atom is 0.264 e. The highest BCUT2D eigenvalue weighted by molar-refractivity contribution is 7.20. The SMILES string of the molecule is CN1CCN(C[C@]2(O)CCN(C(=O)c3cc4ccccc4s3)C2)CC1. The van der Waals surface area contributed by atoms with Crippen LogP contribution in [0, 0.1) is 0 Å². The number of β-amino-alcohol motifs (C(OH)–C–C–N with tert-alkyl or cyclic N) is 1. The van der Waals surface area contributed by atoms with Gasteiger partial charge in [-0.2, -0.15) is 0 Å². The Morgan fingerprint density at radius 3 is 2.72 bits per heavy atom. The smallest absolute Gasteiger partial charge is 0.264 e. The van der Waals surface area contributed by atoms with E-state index in [1.54, 1.807) is 0 Å². The third-order valence-corrected chi connectivity index (χ3v) is 6.47. The molecule has 5 nitrogen and oxygen atoms in total. The molecule has 25 heavy (non-hydrogen) atoms. The molecular formula is C19H25N3O2S. The molecule has 1 atom stereocenters. The van der Waals surface area contributed by atoms with E-state index in [-0.39, 0.29) is 5.91 Å². The summed E-state index contributed by atoms with van der Waals surface area (Å²) in [5.41, 5.74) is -0.776. The Bertz CT molecular complexity index is 736. The Hall–Kier alpha value is -1.47. The number of likely N-dealkylation sites (tertiary alicyclic amines) is 1. The van der Waals surface area contributed by atoms with Gasteiger partial charge in [-0.1, -0.05) is 18.2 Å². The molecule has 0 bridgehead atoms. The lowest BCUT2D eigenvalue weighted by Crippen LogP contribution is -2.52. The summed E-state index contributed by atoms with van der Waals surface area (Å²) in [5, 5.41) is 12.1. The normalized spacial score (nSPS) is 25.8. The van der Waals surface area contributed by atoms with E-state index in [0.717, 1.165) is 41.1 Å². The third kappa shape index (κ3) is 3.58. The number of nitrogens with zero attached hydrogens (tertiary/aromatic N) is 3. The van der Waals surface area contributed by atoms with Crippen LogP contribution in [0.1, 0.15) is 16.1 Å². The number of carbonyl (C=O) groups excluding carboxylic acids is 1. The Labute approximate surface area is 152 Å². The lowest BCUT2D eigenvalue weighted by molar-refractivity contribution is 0.000566. The van der Waals surface area contributed by atoms with Gasteiger partial charge in [0.1, 0.15) is 0 Å². The molecule has 1 amide bonds. The fourth-order valence-electron chi connectivity index (χ4n) is 3.82. The van der Waals surface area contributed by atoms with Crippen LogP contribution in [-0.2, 0) is 0 Å². The van der Waals surface area contributed by atoms with Crippen LogP contribution in [0.3, 0.4) is 0 Å². The Morgan fingerprint density at radius 1 is 1.20 bits per heavy atom. The maximum atomic E-state index is 12.8. The molecule has 2 fully saturated rings. The molecule has 0 unspecified atom stereocenters. The minimum atomic E-state index is -0.776. The minimum Gasteiger partial charge on any atom is -0.387 e. The van der Waals surface area contributed by atoms with Crippen LogP contribution in [0.5, 0.6) is 0 Å². The zero-order valence-corrected chi connectivity index (χ0v) is 15.5. The number of benzene rings is 1. The molecule has 1 aromatic heterocycles. The quantitative estimate of drug-likeness (QED) is 0.907. The molecule has 2 aliphatic heterocycles. The molecule has 2 saturated heterocycles. The third-order valence-electron chi connectivity index (χ3n) is 5.37. The number of amides is 1. The van der Waals surface area contributed by atoms with Crippen molar-refractivity contribution >= 4 is 27.3 Å². The maximum absolute atomic E-state index is 12.8. The molecular weight excluding hydrogens is 334 g/mol. The average Bonchev–Trinajstić information content (AvgIpc) is 3.20. The van der Waals surface area contributed by atoms with E-state index in [9.17, 15) is 9.90 Å². The molecule has 2 aliphatic rings. The highest BCUT2D eigenvalue weighted by Gasteiger charge is 2.40. The van der Waals surface area contributed by atoms with Crippen molar-refractivity contribution < 1.29 is 9.90 Å². The van der Waals surface area contributed by atoms with Gasteiger partial charge in [-0.3, -0.25) is 9.69 Å². The van der Waals surface area contributed by atoms with E-state index in [2.05, 4.69) is 16.8 Å². The summed E-state index contributed by atoms with van der Waals surface area (Å²) < 4.78 is 1.14. The summed E-state index contributed by atoms with van der Waals surface area (Å²) in [6.45, 7) is 5.80. The average molecular weight is 359 g/mol. The van der Waals surface area contributed by atoms with E-state index in [1.165, 1.54) is 11.3 Å². The van der Waals surface area contributed by atoms with E-state index in [0.29, 0.717) is 26.1 Å². The summed E-state index contributed by atoms with van der Waals surface area (Å²) in [7, 11) is 2.13. The van der Waals surface area contributed by atoms with E-state index in [4.69, 9.17) is 0 Å². The standard InChI is InChI=1S/C19H25N3O2S/c1-20-8-10-21(11-9-20)13-19(24)6-7-22(14-19)18(23)17-12-15-4-2-3-5-16(15)25-17/h2-5,12,24H,6-11,13-14H2,1H3/t19-/m1/s1. The molecule has 0 aliphatic carbocycles. The van der Waals surface area contributed by atoms with Gasteiger partial charge in [0.2, 0.25) is 0 Å². The molecule has 6 heteroatoms. The largest absolute Gasteiger partial charge is 0.387 e. The number of rotatable bonds is 3. The number of likely N-dealkylation sites (N-methyl/N-ethyl adjacent to an activating group) is 1. The summed E-state index contributed by atoms with van der Waals surface area (Å²) >= 11 is 1.54. The molecule has 2 aromatic rings. The molecule has 3 heterocycles. The van der Waals surface area contributed by atoms with Crippen LogP contribution in [0.4, 0.5) is 0 Å². The summed E-state index contributed by atoms with van der Waals surface area (Å²) in [6.07, 6.45) is 0.663. The van der Waals surface area contributed by atoms with Crippen molar-refractivity contribution in [2.24, 2.45) is 0 Å². The van der Waals surface area contributed by atoms with Crippen molar-refractivity contribution in [2.75, 3.05) is 52.9 Å². The van der Waals surface area contributed by atoms with Crippen molar-refractivity contribution in [1.29, 1.82) is 0 Å². The summed E-state index contributed by atoms with van der Waals surface area (Å²) in [4.78, 5) is 20.1. The minimum absolute atomic E-state index is 0.0514. The highest BCUT2D eigenvalue weighted by Crippen LogP contribution is 2.29. The predicted molar refractivity (Wildman–Crippen MR) is 101 cm³/mol. The van der Waals surface area contributed by atoms with E-state index in [1.807, 2.05) is 35.2 Å². The number of piperazine rings is 1. The first-order chi connectivity index (χ1) is 12.0. The number of hydrogen-bond donors (Lipinski definition) is 1. The van der Waals surface area contributed by atoms with Gasteiger partial charge in [-0.05, 0) is 31.0 Å². The molecule has 0 spiro atoms. The van der Waals surface area contributed by atoms with Crippen LogP contribution in [0.2, 0.25) is 0 Å². The number of hydrogen-bond acceptors (Lipinski definition) is 5. The molecule has 1 N–H and O–H groups in total. The van der Waals surface area contributed by atoms with Crippen LogP contribution in [-0.4, -0.2) is 84.2 Å². The number of aliphatic hydroxyl groups is 1. The van der Waals surface area contributed by atoms with Crippen molar-refractivity contribution in [2.45, 2.75) is 12.0 Å². The van der Waals surface area contributed by atoms with E-state index < -0.39 is 5.60 Å². The lowest BCUT2D eigenvalue weighted by atomic mass is 10.0. The second kappa shape index (κ2) is 6.68. The van der Waals surface area contributed by atoms with Crippen molar-refractivity contribution in [3.05, 3.63) is 35.2 Å². The fourth-order valence-corrected chi connectivity index (χ4v) is 4.85. The number of carbonyl (C=O) groups is 1. The molecule has 4 rings (SSSR count). The van der Waals surface area contributed by atoms with Gasteiger partial charge >= 0.3 is 0 Å². The van der Waals surface area contributed by atoms with Gasteiger partial charge in [0.05, 0.1) is 17.0 Å². The molecule has 1 aromatic carbocycles. The lowest BCUT2D eigenvalue weighted by Gasteiger charge is -2.36. The van der Waals surface area contributed by atoms with Gasteiger partial charge in [0.25, 0.3) is 5.91 Å². The summed E-state index contributed by atoms with van der Waals surface area (Å²) in [5.74, 6) is 0.0514. The van der Waals surface area contributed by atoms with Crippen molar-refractivity contribution in [1.82, 2.24) is 14.7 Å². The number of fused-ring (bicyclic) bond motifs is 1. The zero-order valence-electron chi connectivity index (χ0n) is 14.6. The van der Waals surface area contributed by atoms with Crippen LogP contribution in [0.15, 0.2) is 30.3 Å². The Morgan fingerprint density at radius 2 is 1.96 bits per heavy atom. The topological polar surface area (TPSA) is 47.0 Å².